The molecule has 0 fully saturated rings. The summed E-state index contributed by atoms with van der Waals surface area (Å²) >= 11 is 0. The van der Waals surface area contributed by atoms with E-state index in [-0.39, 0.29) is 24.2 Å². The number of aliphatic carboxylic acids is 1. The van der Waals surface area contributed by atoms with Crippen molar-refractivity contribution in [3.05, 3.63) is 0 Å². The van der Waals surface area contributed by atoms with E-state index in [2.05, 4.69) is 16.0 Å². The van der Waals surface area contributed by atoms with Crippen LogP contribution in [0.25, 0.3) is 0 Å². The standard InChI is InChI=1S/C22H41N5O6/c1-7-11(4)16(25-19(29)14(23)10-15(24)28)20(30)26-17(12(5)8-2)21(31)27-18(22(32)33)13(6)9-3/h11-14,16-18H,7-10,23H2,1-6H3,(H2,24,28)(H,25,29)(H,26,30)(H,27,31)(H,32,33). The predicted octanol–water partition coefficient (Wildman–Crippen LogP) is -0.134. The third-order valence-corrected chi connectivity index (χ3v) is 6.12. The second-order valence-corrected chi connectivity index (χ2v) is 8.73. The first kappa shape index (κ1) is 30.3. The van der Waals surface area contributed by atoms with Crippen LogP contribution < -0.4 is 27.4 Å². The Morgan fingerprint density at radius 2 is 1.03 bits per heavy atom. The molecule has 0 aliphatic carbocycles. The average Bonchev–Trinajstić information content (AvgIpc) is 2.76. The predicted molar refractivity (Wildman–Crippen MR) is 124 cm³/mol. The van der Waals surface area contributed by atoms with Crippen LogP contribution in [0.5, 0.6) is 0 Å². The minimum Gasteiger partial charge on any atom is -0.480 e. The van der Waals surface area contributed by atoms with E-state index in [4.69, 9.17) is 11.5 Å². The van der Waals surface area contributed by atoms with Gasteiger partial charge in [0, 0.05) is 0 Å². The molecular formula is C22H41N5O6. The number of carbonyl (C=O) groups excluding carboxylic acids is 4. The quantitative estimate of drug-likeness (QED) is 0.191. The zero-order valence-corrected chi connectivity index (χ0v) is 20.5. The normalized spacial score (nSPS) is 17.4. The zero-order valence-electron chi connectivity index (χ0n) is 20.5. The van der Waals surface area contributed by atoms with Crippen molar-refractivity contribution in [3.8, 4) is 0 Å². The Morgan fingerprint density at radius 3 is 1.36 bits per heavy atom. The summed E-state index contributed by atoms with van der Waals surface area (Å²) < 4.78 is 0. The third-order valence-electron chi connectivity index (χ3n) is 6.12. The molecule has 0 radical (unpaired) electrons. The fourth-order valence-electron chi connectivity index (χ4n) is 3.14. The Morgan fingerprint density at radius 1 is 0.697 bits per heavy atom. The van der Waals surface area contributed by atoms with Gasteiger partial charge in [0.05, 0.1) is 12.5 Å². The number of hydrogen-bond acceptors (Lipinski definition) is 6. The Hall–Kier alpha value is -2.69. The van der Waals surface area contributed by atoms with Gasteiger partial charge in [-0.15, -0.1) is 0 Å². The minimum absolute atomic E-state index is 0.300. The lowest BCUT2D eigenvalue weighted by molar-refractivity contribution is -0.144. The fourth-order valence-corrected chi connectivity index (χ4v) is 3.14. The number of carboxylic acid groups (broad SMARTS) is 1. The van der Waals surface area contributed by atoms with Crippen molar-refractivity contribution in [3.63, 3.8) is 0 Å². The first-order valence-electron chi connectivity index (χ1n) is 11.5. The molecule has 0 saturated heterocycles. The highest BCUT2D eigenvalue weighted by atomic mass is 16.4. The maximum absolute atomic E-state index is 13.1. The van der Waals surface area contributed by atoms with Gasteiger partial charge in [-0.1, -0.05) is 60.8 Å². The first-order valence-corrected chi connectivity index (χ1v) is 11.5. The zero-order chi connectivity index (χ0) is 25.9. The SMILES string of the molecule is CCC(C)C(NC(=O)C(NC(=O)C(NC(=O)C(N)CC(N)=O)C(C)CC)C(C)CC)C(=O)O. The van der Waals surface area contributed by atoms with Gasteiger partial charge in [0.15, 0.2) is 0 Å². The molecule has 0 aliphatic heterocycles. The van der Waals surface area contributed by atoms with Crippen molar-refractivity contribution in [2.45, 2.75) is 91.4 Å². The monoisotopic (exact) mass is 471 g/mol. The van der Waals surface area contributed by atoms with Gasteiger partial charge in [-0.2, -0.15) is 0 Å². The van der Waals surface area contributed by atoms with Crippen molar-refractivity contribution >= 4 is 29.6 Å². The first-order chi connectivity index (χ1) is 15.3. The van der Waals surface area contributed by atoms with Gasteiger partial charge < -0.3 is 32.5 Å². The molecule has 0 spiro atoms. The Balaban J connectivity index is 5.67. The number of carboxylic acids is 1. The maximum atomic E-state index is 13.1. The number of nitrogens with one attached hydrogen (secondary N) is 3. The van der Waals surface area contributed by atoms with Crippen molar-refractivity contribution in [2.24, 2.45) is 29.2 Å². The second-order valence-electron chi connectivity index (χ2n) is 8.73. The van der Waals surface area contributed by atoms with Crippen LogP contribution in [0.4, 0.5) is 0 Å². The van der Waals surface area contributed by atoms with E-state index < -0.39 is 53.8 Å². The number of primary amides is 1. The molecule has 190 valence electrons. The van der Waals surface area contributed by atoms with E-state index in [9.17, 15) is 29.1 Å². The lowest BCUT2D eigenvalue weighted by atomic mass is 9.93. The summed E-state index contributed by atoms with van der Waals surface area (Å²) in [5, 5.41) is 17.3. The Bertz CT molecular complexity index is 701. The van der Waals surface area contributed by atoms with E-state index >= 15 is 0 Å². The molecule has 8 N–H and O–H groups in total. The smallest absolute Gasteiger partial charge is 0.326 e. The van der Waals surface area contributed by atoms with Gasteiger partial charge in [-0.25, -0.2) is 4.79 Å². The molecule has 0 saturated carbocycles. The molecule has 7 atom stereocenters. The molecule has 0 heterocycles. The Labute approximate surface area is 195 Å². The molecule has 33 heavy (non-hydrogen) atoms. The number of nitrogens with two attached hydrogens (primary N) is 2. The average molecular weight is 472 g/mol. The second kappa shape index (κ2) is 14.5. The summed E-state index contributed by atoms with van der Waals surface area (Å²) in [5.41, 5.74) is 10.8. The molecule has 0 bridgehead atoms. The van der Waals surface area contributed by atoms with Gasteiger partial charge >= 0.3 is 5.97 Å². The summed E-state index contributed by atoms with van der Waals surface area (Å²) in [4.78, 5) is 61.2. The molecule has 0 aromatic rings. The van der Waals surface area contributed by atoms with Gasteiger partial charge in [-0.3, -0.25) is 19.2 Å². The molecule has 0 rings (SSSR count). The van der Waals surface area contributed by atoms with Gasteiger partial charge in [-0.05, 0) is 17.8 Å². The van der Waals surface area contributed by atoms with Gasteiger partial charge in [0.25, 0.3) is 0 Å². The summed E-state index contributed by atoms with van der Waals surface area (Å²) in [6.45, 7) is 10.7. The summed E-state index contributed by atoms with van der Waals surface area (Å²) in [7, 11) is 0. The van der Waals surface area contributed by atoms with Crippen molar-refractivity contribution in [2.75, 3.05) is 0 Å². The van der Waals surface area contributed by atoms with Crippen LogP contribution in [0.15, 0.2) is 0 Å². The van der Waals surface area contributed by atoms with E-state index in [1.807, 2.05) is 20.8 Å². The number of carbonyl (C=O) groups is 5. The van der Waals surface area contributed by atoms with Crippen LogP contribution in [0.3, 0.4) is 0 Å². The highest BCUT2D eigenvalue weighted by Gasteiger charge is 2.35. The van der Waals surface area contributed by atoms with Crippen LogP contribution in [0.2, 0.25) is 0 Å². The molecule has 11 heteroatoms. The largest absolute Gasteiger partial charge is 0.480 e. The van der Waals surface area contributed by atoms with Crippen LogP contribution in [0, 0.1) is 17.8 Å². The van der Waals surface area contributed by atoms with Crippen molar-refractivity contribution in [1.29, 1.82) is 0 Å². The van der Waals surface area contributed by atoms with Gasteiger partial charge in [0.1, 0.15) is 18.1 Å². The molecule has 7 unspecified atom stereocenters. The van der Waals surface area contributed by atoms with Gasteiger partial charge in [0.2, 0.25) is 23.6 Å². The molecule has 0 aromatic heterocycles. The lowest BCUT2D eigenvalue weighted by Crippen LogP contribution is -2.60. The summed E-state index contributed by atoms with van der Waals surface area (Å²) in [6.07, 6.45) is 1.26. The molecule has 11 nitrogen and oxygen atoms in total. The van der Waals surface area contributed by atoms with E-state index in [1.165, 1.54) is 0 Å². The molecular weight excluding hydrogens is 430 g/mol. The lowest BCUT2D eigenvalue weighted by Gasteiger charge is -2.30. The highest BCUT2D eigenvalue weighted by molar-refractivity contribution is 5.95. The number of rotatable bonds is 15. The van der Waals surface area contributed by atoms with Crippen LogP contribution >= 0.6 is 0 Å². The molecule has 0 aliphatic rings. The van der Waals surface area contributed by atoms with E-state index in [0.717, 1.165) is 0 Å². The van der Waals surface area contributed by atoms with Crippen LogP contribution in [-0.2, 0) is 24.0 Å². The van der Waals surface area contributed by atoms with Crippen molar-refractivity contribution in [1.82, 2.24) is 16.0 Å². The maximum Gasteiger partial charge on any atom is 0.326 e. The molecule has 0 aromatic carbocycles. The van der Waals surface area contributed by atoms with E-state index in [1.54, 1.807) is 20.8 Å². The topological polar surface area (TPSA) is 194 Å². The van der Waals surface area contributed by atoms with Crippen LogP contribution in [-0.4, -0.2) is 58.9 Å². The van der Waals surface area contributed by atoms with Crippen LogP contribution in [0.1, 0.15) is 67.2 Å². The van der Waals surface area contributed by atoms with E-state index in [0.29, 0.717) is 19.3 Å². The number of amides is 4. The number of hydrogen-bond donors (Lipinski definition) is 6. The highest BCUT2D eigenvalue weighted by Crippen LogP contribution is 2.14. The minimum atomic E-state index is -1.21. The molecule has 4 amide bonds. The fraction of sp³-hybridized carbons (Fsp3) is 0.773. The Kier molecular flexibility index (Phi) is 13.3. The third kappa shape index (κ3) is 9.77. The summed E-state index contributed by atoms with van der Waals surface area (Å²) in [5.74, 6) is -4.72. The summed E-state index contributed by atoms with van der Waals surface area (Å²) in [6, 6.07) is -4.31. The van der Waals surface area contributed by atoms with Crippen molar-refractivity contribution < 1.29 is 29.1 Å².